The van der Waals surface area contributed by atoms with E-state index in [0.717, 1.165) is 5.06 Å². The van der Waals surface area contributed by atoms with Crippen molar-refractivity contribution in [1.29, 1.82) is 0 Å². The van der Waals surface area contributed by atoms with Gasteiger partial charge in [-0.1, -0.05) is 29.8 Å². The molecule has 0 spiro atoms. The molecule has 7 heteroatoms. The highest BCUT2D eigenvalue weighted by atomic mass is 35.5. The van der Waals surface area contributed by atoms with Gasteiger partial charge < -0.3 is 0 Å². The van der Waals surface area contributed by atoms with Crippen LogP contribution in [0.5, 0.6) is 0 Å². The average molecular weight is 314 g/mol. The zero-order valence-corrected chi connectivity index (χ0v) is 12.1. The molecule has 0 saturated heterocycles. The van der Waals surface area contributed by atoms with E-state index in [0.29, 0.717) is 10.7 Å². The van der Waals surface area contributed by atoms with Crippen molar-refractivity contribution < 1.29 is 17.3 Å². The Labute approximate surface area is 122 Å². The van der Waals surface area contributed by atoms with Gasteiger partial charge in [-0.25, -0.2) is 5.06 Å². The van der Waals surface area contributed by atoms with Crippen molar-refractivity contribution >= 4 is 27.7 Å². The second-order valence-electron chi connectivity index (χ2n) is 4.06. The maximum Gasteiger partial charge on any atom is 0.418 e. The van der Waals surface area contributed by atoms with E-state index in [1.807, 2.05) is 0 Å². The molecule has 0 amide bonds. The fraction of sp³-hybridized carbons (Fsp3) is 0.0769. The molecule has 0 aromatic heterocycles. The number of benzene rings is 2. The number of halogens is 1. The quantitative estimate of drug-likeness (QED) is 0.594. The number of fused-ring (bicyclic) bond motifs is 1. The normalized spacial score (nSPS) is 11.3. The standard InChI is InChI=1S/C7H8ClNO4S.C6H4/c1-9(13-14(10,11)12)7-4-2-6(8)3-5-7;1-2-5-4-6(5)3-1/h2-5H,1H3,(H,10,11,12);1-4H. The van der Waals surface area contributed by atoms with Gasteiger partial charge in [0.25, 0.3) is 0 Å². The van der Waals surface area contributed by atoms with Crippen molar-refractivity contribution in [2.75, 3.05) is 12.1 Å². The molecular formula is C13H12ClNO4S. The molecule has 0 unspecified atom stereocenters. The molecule has 0 fully saturated rings. The molecule has 0 atom stereocenters. The summed E-state index contributed by atoms with van der Waals surface area (Å²) in [5.41, 5.74) is 3.30. The summed E-state index contributed by atoms with van der Waals surface area (Å²) in [5, 5.41) is 1.43. The summed E-state index contributed by atoms with van der Waals surface area (Å²) < 4.78 is 33.3. The molecule has 2 aliphatic rings. The smallest absolute Gasteiger partial charge is 0.262 e. The summed E-state index contributed by atoms with van der Waals surface area (Å²) in [6.07, 6.45) is 0. The SMILES string of the molecule is CN(OS(=O)(=O)O)c1ccc(Cl)cc1.c1cc2cc-2c1. The van der Waals surface area contributed by atoms with Crippen molar-refractivity contribution in [3.63, 3.8) is 0 Å². The Balaban J connectivity index is 0.000000198. The Bertz CT molecular complexity index is 683. The van der Waals surface area contributed by atoms with Crippen LogP contribution in [0.2, 0.25) is 5.02 Å². The fourth-order valence-corrected chi connectivity index (χ4v) is 2.01. The minimum absolute atomic E-state index is 0.451. The monoisotopic (exact) mass is 313 g/mol. The lowest BCUT2D eigenvalue weighted by molar-refractivity contribution is 0.258. The van der Waals surface area contributed by atoms with E-state index in [-0.39, 0.29) is 0 Å². The zero-order chi connectivity index (χ0) is 14.8. The first kappa shape index (κ1) is 14.8. The molecule has 1 aromatic carbocycles. The molecule has 2 aliphatic carbocycles. The molecule has 1 aromatic rings. The van der Waals surface area contributed by atoms with Crippen LogP contribution in [0.25, 0.3) is 11.1 Å². The summed E-state index contributed by atoms with van der Waals surface area (Å²) in [7, 11) is -3.14. The van der Waals surface area contributed by atoms with Gasteiger partial charge in [0, 0.05) is 12.1 Å². The number of hydrogen-bond acceptors (Lipinski definition) is 4. The van der Waals surface area contributed by atoms with E-state index < -0.39 is 10.4 Å². The van der Waals surface area contributed by atoms with Crippen molar-refractivity contribution in [3.8, 4) is 11.1 Å². The molecule has 0 heterocycles. The van der Waals surface area contributed by atoms with Crippen molar-refractivity contribution in [3.05, 3.63) is 53.6 Å². The van der Waals surface area contributed by atoms with Gasteiger partial charge in [0.2, 0.25) is 0 Å². The van der Waals surface area contributed by atoms with Gasteiger partial charge in [-0.15, -0.1) is 4.28 Å². The molecule has 0 saturated carbocycles. The Hall–Kier alpha value is -1.60. The van der Waals surface area contributed by atoms with Gasteiger partial charge in [0.15, 0.2) is 0 Å². The lowest BCUT2D eigenvalue weighted by Crippen LogP contribution is -2.22. The fourth-order valence-electron chi connectivity index (χ4n) is 1.51. The van der Waals surface area contributed by atoms with E-state index in [1.165, 1.54) is 18.2 Å². The highest BCUT2D eigenvalue weighted by Crippen LogP contribution is 2.32. The van der Waals surface area contributed by atoms with Gasteiger partial charge in [0.05, 0.1) is 5.69 Å². The molecule has 0 radical (unpaired) electrons. The van der Waals surface area contributed by atoms with Crippen LogP contribution >= 0.6 is 11.6 Å². The number of rotatable bonds is 3. The average Bonchev–Trinajstić information content (AvgIpc) is 2.95. The summed E-state index contributed by atoms with van der Waals surface area (Å²) in [6.45, 7) is 0. The second kappa shape index (κ2) is 5.80. The van der Waals surface area contributed by atoms with E-state index in [9.17, 15) is 8.42 Å². The minimum Gasteiger partial charge on any atom is -0.262 e. The zero-order valence-electron chi connectivity index (χ0n) is 10.5. The van der Waals surface area contributed by atoms with E-state index in [1.54, 1.807) is 24.3 Å². The summed E-state index contributed by atoms with van der Waals surface area (Å²) in [5.74, 6) is 0. The molecule has 20 heavy (non-hydrogen) atoms. The lowest BCUT2D eigenvalue weighted by atomic mass is 10.3. The number of hydrogen-bond donors (Lipinski definition) is 1. The number of hydroxylamine groups is 1. The van der Waals surface area contributed by atoms with E-state index >= 15 is 0 Å². The van der Waals surface area contributed by atoms with E-state index in [2.05, 4.69) is 28.5 Å². The van der Waals surface area contributed by atoms with Crippen LogP contribution in [0.1, 0.15) is 0 Å². The van der Waals surface area contributed by atoms with E-state index in [4.69, 9.17) is 16.2 Å². The van der Waals surface area contributed by atoms with Gasteiger partial charge in [-0.05, 0) is 41.5 Å². The molecule has 0 aliphatic heterocycles. The van der Waals surface area contributed by atoms with Crippen LogP contribution in [0, 0.1) is 0 Å². The highest BCUT2D eigenvalue weighted by molar-refractivity contribution is 7.80. The predicted molar refractivity (Wildman–Crippen MR) is 77.9 cm³/mol. The molecule has 1 N–H and O–H groups in total. The third-order valence-corrected chi connectivity index (χ3v) is 3.17. The van der Waals surface area contributed by atoms with Crippen molar-refractivity contribution in [2.24, 2.45) is 0 Å². The lowest BCUT2D eigenvalue weighted by Gasteiger charge is -2.15. The minimum atomic E-state index is -4.49. The van der Waals surface area contributed by atoms with Crippen LogP contribution in [-0.2, 0) is 14.7 Å². The Morgan fingerprint density at radius 2 is 1.65 bits per heavy atom. The van der Waals surface area contributed by atoms with Gasteiger partial charge in [-0.2, -0.15) is 8.42 Å². The Kier molecular flexibility index (Phi) is 4.29. The number of anilines is 1. The summed E-state index contributed by atoms with van der Waals surface area (Å²) >= 11 is 5.62. The van der Waals surface area contributed by atoms with Gasteiger partial charge in [0.1, 0.15) is 0 Å². The number of nitrogens with zero attached hydrogens (tertiary/aromatic N) is 1. The maximum atomic E-state index is 10.3. The maximum absolute atomic E-state index is 10.3. The first-order valence-corrected chi connectivity index (χ1v) is 7.36. The van der Waals surface area contributed by atoms with Crippen LogP contribution in [0.15, 0.2) is 48.5 Å². The van der Waals surface area contributed by atoms with Crippen LogP contribution in [0.4, 0.5) is 5.69 Å². The van der Waals surface area contributed by atoms with Crippen LogP contribution in [-0.4, -0.2) is 20.0 Å². The first-order chi connectivity index (χ1) is 9.35. The van der Waals surface area contributed by atoms with Crippen LogP contribution in [0.3, 0.4) is 0 Å². The predicted octanol–water partition coefficient (Wildman–Crippen LogP) is 3.18. The highest BCUT2D eigenvalue weighted by Gasteiger charge is 2.10. The molecule has 3 rings (SSSR count). The Morgan fingerprint density at radius 3 is 2.00 bits per heavy atom. The van der Waals surface area contributed by atoms with Crippen LogP contribution < -0.4 is 5.06 Å². The third kappa shape index (κ3) is 4.50. The summed E-state index contributed by atoms with van der Waals surface area (Å²) in [4.78, 5) is 0. The molecular weight excluding hydrogens is 302 g/mol. The molecule has 0 bridgehead atoms. The van der Waals surface area contributed by atoms with Crippen molar-refractivity contribution in [1.82, 2.24) is 0 Å². The Morgan fingerprint density at radius 1 is 1.10 bits per heavy atom. The van der Waals surface area contributed by atoms with Crippen molar-refractivity contribution in [2.45, 2.75) is 0 Å². The molecule has 5 nitrogen and oxygen atoms in total. The second-order valence-corrected chi connectivity index (χ2v) is 5.50. The first-order valence-electron chi connectivity index (χ1n) is 5.62. The summed E-state index contributed by atoms with van der Waals surface area (Å²) in [6, 6.07) is 14.7. The topological polar surface area (TPSA) is 66.8 Å². The largest absolute Gasteiger partial charge is 0.418 e. The third-order valence-electron chi connectivity index (χ3n) is 2.51. The van der Waals surface area contributed by atoms with Gasteiger partial charge >= 0.3 is 10.4 Å². The van der Waals surface area contributed by atoms with Gasteiger partial charge in [-0.3, -0.25) is 4.55 Å². The molecule has 106 valence electrons.